The number of rotatable bonds is 9. The van der Waals surface area contributed by atoms with Crippen molar-refractivity contribution in [3.63, 3.8) is 0 Å². The fraction of sp³-hybridized carbons (Fsp3) is 0.765. The molecule has 0 aromatic carbocycles. The third kappa shape index (κ3) is 7.10. The third-order valence-corrected chi connectivity index (χ3v) is 4.39. The number of hydrogen-bond acceptors (Lipinski definition) is 5. The minimum atomic E-state index is -0.101. The van der Waals surface area contributed by atoms with Crippen LogP contribution in [-0.4, -0.2) is 35.1 Å². The molecule has 134 valence electrons. The van der Waals surface area contributed by atoms with E-state index >= 15 is 0 Å². The van der Waals surface area contributed by atoms with Gasteiger partial charge >= 0.3 is 0 Å². The van der Waals surface area contributed by atoms with Crippen molar-refractivity contribution < 1.29 is 14.0 Å². The van der Waals surface area contributed by atoms with Crippen molar-refractivity contribution in [2.75, 3.05) is 13.1 Å². The van der Waals surface area contributed by atoms with Crippen molar-refractivity contribution in [2.45, 2.75) is 64.7 Å². The molecule has 2 amide bonds. The molecule has 0 saturated heterocycles. The number of nitrogens with one attached hydrogen (secondary N) is 2. The van der Waals surface area contributed by atoms with Gasteiger partial charge in [0.05, 0.1) is 0 Å². The lowest BCUT2D eigenvalue weighted by Crippen LogP contribution is -2.33. The van der Waals surface area contributed by atoms with Crippen LogP contribution in [0.5, 0.6) is 0 Å². The quantitative estimate of drug-likeness (QED) is 0.670. The Kier molecular flexibility index (Phi) is 7.71. The molecule has 0 unspecified atom stereocenters. The van der Waals surface area contributed by atoms with Gasteiger partial charge in [-0.3, -0.25) is 9.59 Å². The predicted molar refractivity (Wildman–Crippen MR) is 89.2 cm³/mol. The number of nitrogens with zero attached hydrogens (tertiary/aromatic N) is 2. The molecule has 1 heterocycles. The lowest BCUT2D eigenvalue weighted by molar-refractivity contribution is -0.122. The first-order chi connectivity index (χ1) is 11.6. The number of amides is 2. The van der Waals surface area contributed by atoms with Crippen molar-refractivity contribution in [1.29, 1.82) is 0 Å². The van der Waals surface area contributed by atoms with Gasteiger partial charge in [-0.05, 0) is 12.3 Å². The average Bonchev–Trinajstić information content (AvgIpc) is 3.04. The van der Waals surface area contributed by atoms with Crippen molar-refractivity contribution in [3.8, 4) is 0 Å². The molecular formula is C17H28N4O3. The number of aromatic nitrogens is 2. The van der Waals surface area contributed by atoms with E-state index in [0.717, 1.165) is 18.8 Å². The largest absolute Gasteiger partial charge is 0.425 e. The molecule has 7 nitrogen and oxygen atoms in total. The molecule has 24 heavy (non-hydrogen) atoms. The van der Waals surface area contributed by atoms with E-state index in [4.69, 9.17) is 4.42 Å². The van der Waals surface area contributed by atoms with Crippen molar-refractivity contribution in [1.82, 2.24) is 20.8 Å². The van der Waals surface area contributed by atoms with Gasteiger partial charge in [-0.2, -0.15) is 0 Å². The topological polar surface area (TPSA) is 97.1 Å². The first kappa shape index (κ1) is 18.4. The van der Waals surface area contributed by atoms with Crippen LogP contribution in [0.25, 0.3) is 0 Å². The van der Waals surface area contributed by atoms with Crippen LogP contribution in [0.15, 0.2) is 4.42 Å². The summed E-state index contributed by atoms with van der Waals surface area (Å²) in [5, 5.41) is 13.5. The van der Waals surface area contributed by atoms with Crippen LogP contribution in [-0.2, 0) is 22.4 Å². The molecule has 7 heteroatoms. The normalized spacial score (nSPS) is 15.2. The number of carbonyl (C=O) groups excluding carboxylic acids is 2. The average molecular weight is 336 g/mol. The van der Waals surface area contributed by atoms with Gasteiger partial charge in [0.1, 0.15) is 0 Å². The van der Waals surface area contributed by atoms with Crippen LogP contribution >= 0.6 is 0 Å². The van der Waals surface area contributed by atoms with Crippen LogP contribution in [0.4, 0.5) is 0 Å². The molecule has 0 bridgehead atoms. The maximum Gasteiger partial charge on any atom is 0.220 e. The van der Waals surface area contributed by atoms with Gasteiger partial charge in [0.15, 0.2) is 0 Å². The van der Waals surface area contributed by atoms with Crippen molar-refractivity contribution >= 4 is 11.8 Å². The number of carbonyl (C=O) groups is 2. The van der Waals surface area contributed by atoms with Crippen LogP contribution in [0.2, 0.25) is 0 Å². The Balaban J connectivity index is 1.60. The summed E-state index contributed by atoms with van der Waals surface area (Å²) in [6, 6.07) is 0. The second-order valence-corrected chi connectivity index (χ2v) is 6.47. The summed E-state index contributed by atoms with van der Waals surface area (Å²) in [5.41, 5.74) is 0. The van der Waals surface area contributed by atoms with E-state index in [1.54, 1.807) is 0 Å². The van der Waals surface area contributed by atoms with E-state index in [1.807, 2.05) is 0 Å². The molecule has 1 aromatic rings. The molecule has 1 fully saturated rings. The fourth-order valence-electron chi connectivity index (χ4n) is 3.04. The van der Waals surface area contributed by atoms with Gasteiger partial charge < -0.3 is 15.1 Å². The smallest absolute Gasteiger partial charge is 0.220 e. The molecule has 1 aromatic heterocycles. The fourth-order valence-corrected chi connectivity index (χ4v) is 3.04. The summed E-state index contributed by atoms with van der Waals surface area (Å²) >= 11 is 0. The summed E-state index contributed by atoms with van der Waals surface area (Å²) in [5.74, 6) is 1.81. The van der Waals surface area contributed by atoms with Gasteiger partial charge in [0.2, 0.25) is 23.6 Å². The Bertz CT molecular complexity index is 524. The molecule has 0 spiro atoms. The second-order valence-electron chi connectivity index (χ2n) is 6.47. The van der Waals surface area contributed by atoms with Crippen LogP contribution < -0.4 is 10.6 Å². The number of aryl methyl sites for hydroxylation is 2. The van der Waals surface area contributed by atoms with E-state index < -0.39 is 0 Å². The lowest BCUT2D eigenvalue weighted by atomic mass is 9.86. The molecule has 2 rings (SSSR count). The molecule has 1 saturated carbocycles. The molecular weight excluding hydrogens is 308 g/mol. The number of hydrogen-bond donors (Lipinski definition) is 2. The first-order valence-electron chi connectivity index (χ1n) is 8.96. The maximum absolute atomic E-state index is 11.7. The summed E-state index contributed by atoms with van der Waals surface area (Å²) in [7, 11) is 0. The standard InChI is InChI=1S/C17H28N4O3/c1-13(22)18-11-12-19-15(23)8-10-17-21-20-16(24-17)9-7-14-5-3-2-4-6-14/h14H,2-12H2,1H3,(H,18,22)(H,19,23). The molecule has 1 aliphatic carbocycles. The van der Waals surface area contributed by atoms with Gasteiger partial charge in [0.25, 0.3) is 0 Å². The highest BCUT2D eigenvalue weighted by Crippen LogP contribution is 2.27. The monoisotopic (exact) mass is 336 g/mol. The predicted octanol–water partition coefficient (Wildman–Crippen LogP) is 1.77. The Hall–Kier alpha value is -1.92. The Morgan fingerprint density at radius 2 is 1.71 bits per heavy atom. The van der Waals surface area contributed by atoms with E-state index in [9.17, 15) is 9.59 Å². The van der Waals surface area contributed by atoms with Crippen molar-refractivity contribution in [3.05, 3.63) is 11.8 Å². The molecule has 0 aliphatic heterocycles. The first-order valence-corrected chi connectivity index (χ1v) is 8.96. The summed E-state index contributed by atoms with van der Waals surface area (Å²) in [6.07, 6.45) is 9.40. The van der Waals surface area contributed by atoms with Crippen LogP contribution in [0.3, 0.4) is 0 Å². The zero-order chi connectivity index (χ0) is 17.2. The van der Waals surface area contributed by atoms with Gasteiger partial charge in [0, 0.05) is 39.3 Å². The SMILES string of the molecule is CC(=O)NCCNC(=O)CCc1nnc(CCC2CCCCC2)o1. The molecule has 1 aliphatic rings. The van der Waals surface area contributed by atoms with Crippen LogP contribution in [0.1, 0.15) is 63.7 Å². The summed E-state index contributed by atoms with van der Waals surface area (Å²) in [6.45, 7) is 2.31. The van der Waals surface area contributed by atoms with E-state index in [1.165, 1.54) is 39.0 Å². The third-order valence-electron chi connectivity index (χ3n) is 4.39. The molecule has 2 N–H and O–H groups in total. The summed E-state index contributed by atoms with van der Waals surface area (Å²) < 4.78 is 5.62. The van der Waals surface area contributed by atoms with E-state index in [0.29, 0.717) is 37.7 Å². The highest BCUT2D eigenvalue weighted by molar-refractivity contribution is 5.76. The van der Waals surface area contributed by atoms with E-state index in [2.05, 4.69) is 20.8 Å². The highest BCUT2D eigenvalue weighted by atomic mass is 16.4. The second kappa shape index (κ2) is 10.1. The Morgan fingerprint density at radius 3 is 2.42 bits per heavy atom. The van der Waals surface area contributed by atoms with Gasteiger partial charge in [-0.15, -0.1) is 10.2 Å². The highest BCUT2D eigenvalue weighted by Gasteiger charge is 2.15. The molecule has 0 radical (unpaired) electrons. The van der Waals surface area contributed by atoms with Crippen LogP contribution in [0, 0.1) is 5.92 Å². The zero-order valence-corrected chi connectivity index (χ0v) is 14.5. The molecule has 0 atom stereocenters. The Morgan fingerprint density at radius 1 is 1.04 bits per heavy atom. The minimum absolute atomic E-state index is 0.0812. The van der Waals surface area contributed by atoms with Gasteiger partial charge in [-0.25, -0.2) is 0 Å². The zero-order valence-electron chi connectivity index (χ0n) is 14.5. The minimum Gasteiger partial charge on any atom is -0.425 e. The maximum atomic E-state index is 11.7. The lowest BCUT2D eigenvalue weighted by Gasteiger charge is -2.20. The van der Waals surface area contributed by atoms with Gasteiger partial charge in [-0.1, -0.05) is 32.1 Å². The Labute approximate surface area is 143 Å². The van der Waals surface area contributed by atoms with Crippen molar-refractivity contribution in [2.24, 2.45) is 5.92 Å². The summed E-state index contributed by atoms with van der Waals surface area (Å²) in [4.78, 5) is 22.4. The van der Waals surface area contributed by atoms with E-state index in [-0.39, 0.29) is 11.8 Å².